The second-order valence-corrected chi connectivity index (χ2v) is 8.57. The van der Waals surface area contributed by atoms with Gasteiger partial charge in [-0.05, 0) is 62.3 Å². The van der Waals surface area contributed by atoms with Crippen molar-refractivity contribution >= 4 is 44.4 Å². The van der Waals surface area contributed by atoms with Crippen LogP contribution >= 0.6 is 15.9 Å². The topological polar surface area (TPSA) is 71.5 Å². The predicted octanol–water partition coefficient (Wildman–Crippen LogP) is 5.14. The molecule has 2 heterocycles. The highest BCUT2D eigenvalue weighted by atomic mass is 79.9. The molecule has 1 N–H and O–H groups in total. The fourth-order valence-corrected chi connectivity index (χ4v) is 4.11. The molecule has 7 heteroatoms. The maximum absolute atomic E-state index is 12.7. The third-order valence-corrected chi connectivity index (χ3v) is 6.11. The summed E-state index contributed by atoms with van der Waals surface area (Å²) in [5.41, 5.74) is 2.33. The monoisotopic (exact) mass is 481 g/mol. The number of nitrogens with zero attached hydrogens (tertiary/aromatic N) is 2. The van der Waals surface area contributed by atoms with E-state index in [-0.39, 0.29) is 11.7 Å². The smallest absolute Gasteiger partial charge is 0.411 e. The van der Waals surface area contributed by atoms with Crippen LogP contribution in [0.4, 0.5) is 10.5 Å². The Balaban J connectivity index is 1.18. The van der Waals surface area contributed by atoms with Gasteiger partial charge in [-0.2, -0.15) is 0 Å². The van der Waals surface area contributed by atoms with Crippen LogP contribution < -0.4 is 5.32 Å². The number of likely N-dealkylation sites (tertiary alicyclic amines) is 1. The van der Waals surface area contributed by atoms with Gasteiger partial charge < -0.3 is 4.74 Å². The van der Waals surface area contributed by atoms with Gasteiger partial charge in [-0.3, -0.25) is 20.0 Å². The number of hydrogen-bond acceptors (Lipinski definition) is 5. The second kappa shape index (κ2) is 10.0. The van der Waals surface area contributed by atoms with Gasteiger partial charge in [0.1, 0.15) is 6.61 Å². The lowest BCUT2D eigenvalue weighted by Crippen LogP contribution is -2.38. The lowest BCUT2D eigenvalue weighted by Gasteiger charge is -2.31. The van der Waals surface area contributed by atoms with Crippen molar-refractivity contribution in [1.29, 1.82) is 0 Å². The molecule has 0 unspecified atom stereocenters. The Hall–Kier alpha value is -2.77. The molecule has 0 saturated carbocycles. The Kier molecular flexibility index (Phi) is 6.94. The zero-order valence-electron chi connectivity index (χ0n) is 17.1. The van der Waals surface area contributed by atoms with Crippen LogP contribution in [0.2, 0.25) is 0 Å². The number of Topliss-reactive ketones (excluding diaryl/α,β-unsaturated/α-hetero) is 1. The molecule has 1 aromatic heterocycles. The van der Waals surface area contributed by atoms with Crippen molar-refractivity contribution in [1.82, 2.24) is 9.88 Å². The molecule has 31 heavy (non-hydrogen) atoms. The van der Waals surface area contributed by atoms with Crippen LogP contribution in [0.25, 0.3) is 10.9 Å². The molecule has 0 radical (unpaired) electrons. The molecular weight excluding hydrogens is 458 g/mol. The van der Waals surface area contributed by atoms with Crippen LogP contribution in [-0.4, -0.2) is 48.0 Å². The molecular formula is C24H24BrN3O3. The summed E-state index contributed by atoms with van der Waals surface area (Å²) in [6.45, 7) is 2.63. The first kappa shape index (κ1) is 21.5. The normalized spacial score (nSPS) is 15.0. The molecule has 1 aliphatic rings. The van der Waals surface area contributed by atoms with Gasteiger partial charge in [-0.1, -0.05) is 34.1 Å². The first-order chi connectivity index (χ1) is 15.1. The summed E-state index contributed by atoms with van der Waals surface area (Å²) < 4.78 is 6.31. The largest absolute Gasteiger partial charge is 0.448 e. The Labute approximate surface area is 189 Å². The number of ketones is 1. The molecule has 1 amide bonds. The van der Waals surface area contributed by atoms with Crippen molar-refractivity contribution in [3.8, 4) is 0 Å². The summed E-state index contributed by atoms with van der Waals surface area (Å²) in [5.74, 6) is 0.275. The number of carbonyl (C=O) groups excluding carboxylic acids is 2. The molecule has 0 spiro atoms. The van der Waals surface area contributed by atoms with Crippen LogP contribution in [0.5, 0.6) is 0 Å². The van der Waals surface area contributed by atoms with Gasteiger partial charge in [-0.15, -0.1) is 0 Å². The van der Waals surface area contributed by atoms with E-state index in [1.54, 1.807) is 6.20 Å². The minimum atomic E-state index is -0.469. The average Bonchev–Trinajstić information content (AvgIpc) is 2.79. The van der Waals surface area contributed by atoms with Gasteiger partial charge in [0.2, 0.25) is 0 Å². The van der Waals surface area contributed by atoms with Crippen molar-refractivity contribution in [2.45, 2.75) is 12.8 Å². The Morgan fingerprint density at radius 3 is 2.65 bits per heavy atom. The highest BCUT2D eigenvalue weighted by Gasteiger charge is 2.25. The molecule has 0 aliphatic carbocycles. The fraction of sp³-hybridized carbons (Fsp3) is 0.292. The minimum absolute atomic E-state index is 0.0593. The summed E-state index contributed by atoms with van der Waals surface area (Å²) in [4.78, 5) is 31.3. The number of benzene rings is 2. The average molecular weight is 482 g/mol. The van der Waals surface area contributed by atoms with Crippen molar-refractivity contribution in [2.24, 2.45) is 5.92 Å². The van der Waals surface area contributed by atoms with E-state index >= 15 is 0 Å². The van der Waals surface area contributed by atoms with Crippen LogP contribution in [0, 0.1) is 5.92 Å². The maximum Gasteiger partial charge on any atom is 0.411 e. The van der Waals surface area contributed by atoms with E-state index in [9.17, 15) is 9.59 Å². The van der Waals surface area contributed by atoms with Gasteiger partial charge in [0, 0.05) is 39.8 Å². The number of rotatable bonds is 6. The summed E-state index contributed by atoms with van der Waals surface area (Å²) >= 11 is 3.40. The van der Waals surface area contributed by atoms with E-state index in [1.165, 1.54) is 0 Å². The zero-order chi connectivity index (χ0) is 21.6. The van der Waals surface area contributed by atoms with Crippen LogP contribution in [0.3, 0.4) is 0 Å². The number of amides is 1. The number of halogens is 1. The maximum atomic E-state index is 12.7. The highest BCUT2D eigenvalue weighted by molar-refractivity contribution is 9.10. The van der Waals surface area contributed by atoms with Crippen molar-refractivity contribution in [3.05, 3.63) is 70.8 Å². The van der Waals surface area contributed by atoms with Crippen molar-refractivity contribution in [2.75, 3.05) is 31.6 Å². The Bertz CT molecular complexity index is 1060. The molecule has 3 aromatic rings. The number of aromatic nitrogens is 1. The van der Waals surface area contributed by atoms with E-state index in [0.717, 1.165) is 46.9 Å². The van der Waals surface area contributed by atoms with Crippen molar-refractivity contribution < 1.29 is 14.3 Å². The number of nitrogens with one attached hydrogen (secondary N) is 1. The quantitative estimate of drug-likeness (QED) is 0.493. The minimum Gasteiger partial charge on any atom is -0.448 e. The van der Waals surface area contributed by atoms with E-state index in [1.807, 2.05) is 54.6 Å². The number of hydrogen-bond donors (Lipinski definition) is 1. The predicted molar refractivity (Wildman–Crippen MR) is 124 cm³/mol. The second-order valence-electron chi connectivity index (χ2n) is 7.66. The summed E-state index contributed by atoms with van der Waals surface area (Å²) in [6, 6.07) is 16.9. The summed E-state index contributed by atoms with van der Waals surface area (Å²) in [5, 5.41) is 3.72. The van der Waals surface area contributed by atoms with Gasteiger partial charge in [-0.25, -0.2) is 4.79 Å². The molecule has 1 fully saturated rings. The van der Waals surface area contributed by atoms with Gasteiger partial charge in [0.15, 0.2) is 5.78 Å². The third kappa shape index (κ3) is 5.68. The first-order valence-corrected chi connectivity index (χ1v) is 11.2. The number of fused-ring (bicyclic) bond motifs is 1. The van der Waals surface area contributed by atoms with E-state index in [4.69, 9.17) is 4.74 Å². The summed E-state index contributed by atoms with van der Waals surface area (Å²) in [7, 11) is 0. The molecule has 0 atom stereocenters. The van der Waals surface area contributed by atoms with Crippen LogP contribution in [0.15, 0.2) is 65.3 Å². The number of ether oxygens (including phenoxy) is 1. The van der Waals surface area contributed by atoms with Gasteiger partial charge >= 0.3 is 6.09 Å². The number of carbonyl (C=O) groups is 2. The van der Waals surface area contributed by atoms with E-state index in [2.05, 4.69) is 31.1 Å². The molecule has 1 aliphatic heterocycles. The van der Waals surface area contributed by atoms with Crippen LogP contribution in [-0.2, 0) is 4.74 Å². The molecule has 2 aromatic carbocycles. The van der Waals surface area contributed by atoms with Crippen LogP contribution in [0.1, 0.15) is 23.2 Å². The lowest BCUT2D eigenvalue weighted by molar-refractivity contribution is 0.0813. The molecule has 4 rings (SSSR count). The van der Waals surface area contributed by atoms with Gasteiger partial charge in [0.25, 0.3) is 0 Å². The van der Waals surface area contributed by atoms with Gasteiger partial charge in [0.05, 0.1) is 5.52 Å². The Morgan fingerprint density at radius 2 is 1.87 bits per heavy atom. The van der Waals surface area contributed by atoms with Crippen molar-refractivity contribution in [3.63, 3.8) is 0 Å². The SMILES string of the molecule is O=C(Nc1ccc2ncccc2c1)OCCN1CCC(C(=O)c2ccc(Br)cc2)CC1. The first-order valence-electron chi connectivity index (χ1n) is 10.4. The summed E-state index contributed by atoms with van der Waals surface area (Å²) in [6.07, 6.45) is 2.92. The Morgan fingerprint density at radius 1 is 1.10 bits per heavy atom. The molecule has 0 bridgehead atoms. The third-order valence-electron chi connectivity index (χ3n) is 5.58. The zero-order valence-corrected chi connectivity index (χ0v) is 18.7. The number of pyridine rings is 1. The molecule has 160 valence electrons. The standard InChI is InChI=1S/C24H24BrN3O3/c25-20-5-3-17(4-6-20)23(29)18-9-12-28(13-10-18)14-15-31-24(30)27-21-7-8-22-19(16-21)2-1-11-26-22/h1-8,11,16,18H,9-10,12-15H2,(H,27,30). The highest BCUT2D eigenvalue weighted by Crippen LogP contribution is 2.23. The number of piperidine rings is 1. The number of anilines is 1. The fourth-order valence-electron chi connectivity index (χ4n) is 3.84. The van der Waals surface area contributed by atoms with E-state index in [0.29, 0.717) is 18.8 Å². The lowest BCUT2D eigenvalue weighted by atomic mass is 9.89. The molecule has 1 saturated heterocycles. The van der Waals surface area contributed by atoms with E-state index < -0.39 is 6.09 Å². The molecule has 6 nitrogen and oxygen atoms in total.